The van der Waals surface area contributed by atoms with Gasteiger partial charge in [-0.2, -0.15) is 0 Å². The van der Waals surface area contributed by atoms with Crippen molar-refractivity contribution in [2.24, 2.45) is 0 Å². The van der Waals surface area contributed by atoms with Gasteiger partial charge in [0.05, 0.1) is 11.1 Å². The van der Waals surface area contributed by atoms with Crippen molar-refractivity contribution < 1.29 is 4.42 Å². The molecule has 0 spiro atoms. The number of para-hydroxylation sites is 1. The van der Waals surface area contributed by atoms with Gasteiger partial charge in [0.2, 0.25) is 0 Å². The lowest BCUT2D eigenvalue weighted by Gasteiger charge is -2.35. The van der Waals surface area contributed by atoms with Crippen LogP contribution in [-0.2, 0) is 10.8 Å². The van der Waals surface area contributed by atoms with E-state index in [-0.39, 0.29) is 5.41 Å². The molecule has 2 heteroatoms. The highest BCUT2D eigenvalue weighted by molar-refractivity contribution is 6.20. The summed E-state index contributed by atoms with van der Waals surface area (Å²) in [5, 5.41) is 4.41. The van der Waals surface area contributed by atoms with E-state index in [4.69, 9.17) is 4.42 Å². The van der Waals surface area contributed by atoms with E-state index >= 15 is 0 Å². The first-order valence-corrected chi connectivity index (χ1v) is 22.3. The van der Waals surface area contributed by atoms with Gasteiger partial charge in [-0.25, -0.2) is 0 Å². The summed E-state index contributed by atoms with van der Waals surface area (Å²) in [5.41, 5.74) is 19.9. The Bertz CT molecular complexity index is 3600. The third-order valence-corrected chi connectivity index (χ3v) is 14.3. The topological polar surface area (TPSA) is 16.4 Å². The Labute approximate surface area is 373 Å². The van der Waals surface area contributed by atoms with Crippen LogP contribution in [0.1, 0.15) is 47.2 Å². The standard InChI is InChI=1S/C62H43NO/c1-61(2)54-28-16-14-24-46(54)48-33-30-41(37-56(48)61)40-31-35-59-52(36-40)53-39-58(50-26-12-13-27-51(50)60(53)64-59)63(44-22-10-5-11-23-44)45-32-34-49-47-25-15-17-29-55(47)62(57(49)38-45,42-18-6-3-7-19-42)43-20-8-4-9-21-43/h3-39H,1-2H3. The van der Waals surface area contributed by atoms with Crippen molar-refractivity contribution in [1.82, 2.24) is 0 Å². The molecule has 0 radical (unpaired) electrons. The first-order chi connectivity index (χ1) is 31.5. The fourth-order valence-electron chi connectivity index (χ4n) is 11.4. The first-order valence-electron chi connectivity index (χ1n) is 22.3. The lowest BCUT2D eigenvalue weighted by molar-refractivity contribution is 0.660. The largest absolute Gasteiger partial charge is 0.455 e. The van der Waals surface area contributed by atoms with Crippen LogP contribution in [0.5, 0.6) is 0 Å². The maximum absolute atomic E-state index is 6.86. The average Bonchev–Trinajstić information content (AvgIpc) is 3.95. The summed E-state index contributed by atoms with van der Waals surface area (Å²) in [6, 6.07) is 82.7. The maximum atomic E-state index is 6.86. The van der Waals surface area contributed by atoms with Crippen LogP contribution in [0.2, 0.25) is 0 Å². The van der Waals surface area contributed by atoms with Crippen molar-refractivity contribution in [3.8, 4) is 33.4 Å². The first kappa shape index (κ1) is 36.7. The summed E-state index contributed by atoms with van der Waals surface area (Å²) >= 11 is 0. The summed E-state index contributed by atoms with van der Waals surface area (Å²) in [4.78, 5) is 2.45. The van der Waals surface area contributed by atoms with Gasteiger partial charge in [-0.3, -0.25) is 0 Å². The Morgan fingerprint density at radius 3 is 1.64 bits per heavy atom. The van der Waals surface area contributed by atoms with Gasteiger partial charge < -0.3 is 9.32 Å². The molecular weight excluding hydrogens is 775 g/mol. The van der Waals surface area contributed by atoms with Gasteiger partial charge in [0.25, 0.3) is 0 Å². The van der Waals surface area contributed by atoms with E-state index in [9.17, 15) is 0 Å². The van der Waals surface area contributed by atoms with Crippen LogP contribution in [0.3, 0.4) is 0 Å². The summed E-state index contributed by atoms with van der Waals surface area (Å²) in [5.74, 6) is 0. The van der Waals surface area contributed by atoms with Crippen LogP contribution in [-0.4, -0.2) is 0 Å². The molecule has 0 saturated heterocycles. The Balaban J connectivity index is 1.04. The van der Waals surface area contributed by atoms with Crippen molar-refractivity contribution in [2.75, 3.05) is 4.90 Å². The second-order valence-corrected chi connectivity index (χ2v) is 18.0. The van der Waals surface area contributed by atoms with E-state index < -0.39 is 5.41 Å². The van der Waals surface area contributed by atoms with Gasteiger partial charge in [0, 0.05) is 38.3 Å². The predicted molar refractivity (Wildman–Crippen MR) is 266 cm³/mol. The number of rotatable bonds is 6. The molecule has 0 aliphatic heterocycles. The van der Waals surface area contributed by atoms with E-state index in [1.165, 1.54) is 66.8 Å². The molecule has 0 saturated carbocycles. The number of hydrogen-bond donors (Lipinski definition) is 0. The number of hydrogen-bond acceptors (Lipinski definition) is 2. The fraction of sp³-hybridized carbons (Fsp3) is 0.0645. The minimum absolute atomic E-state index is 0.0781. The van der Waals surface area contributed by atoms with Crippen molar-refractivity contribution in [1.29, 1.82) is 0 Å². The molecule has 64 heavy (non-hydrogen) atoms. The lowest BCUT2D eigenvalue weighted by atomic mass is 9.67. The number of nitrogens with zero attached hydrogens (tertiary/aromatic N) is 1. The van der Waals surface area contributed by atoms with Gasteiger partial charge in [-0.15, -0.1) is 0 Å². The maximum Gasteiger partial charge on any atom is 0.143 e. The normalized spacial score (nSPS) is 14.0. The number of fused-ring (bicyclic) bond motifs is 11. The Morgan fingerprint density at radius 1 is 0.359 bits per heavy atom. The molecule has 1 heterocycles. The third kappa shape index (κ3) is 5.14. The molecule has 2 aliphatic rings. The van der Waals surface area contributed by atoms with Gasteiger partial charge in [-0.05, 0) is 115 Å². The van der Waals surface area contributed by atoms with Crippen LogP contribution >= 0.6 is 0 Å². The Hall–Kier alpha value is -7.94. The van der Waals surface area contributed by atoms with Gasteiger partial charge >= 0.3 is 0 Å². The molecule has 2 aliphatic carbocycles. The Morgan fingerprint density at radius 2 is 0.906 bits per heavy atom. The molecule has 302 valence electrons. The lowest BCUT2D eigenvalue weighted by Crippen LogP contribution is -2.28. The minimum atomic E-state index is -0.522. The van der Waals surface area contributed by atoms with E-state index in [2.05, 4.69) is 243 Å². The molecule has 13 rings (SSSR count). The predicted octanol–water partition coefficient (Wildman–Crippen LogP) is 16.5. The van der Waals surface area contributed by atoms with Crippen LogP contribution in [0.15, 0.2) is 229 Å². The van der Waals surface area contributed by atoms with E-state index in [0.717, 1.165) is 49.8 Å². The summed E-state index contributed by atoms with van der Waals surface area (Å²) in [6.45, 7) is 4.70. The quantitative estimate of drug-likeness (QED) is 0.166. The molecule has 10 aromatic carbocycles. The monoisotopic (exact) mass is 817 g/mol. The molecule has 0 N–H and O–H groups in total. The highest BCUT2D eigenvalue weighted by atomic mass is 16.3. The smallest absolute Gasteiger partial charge is 0.143 e. The third-order valence-electron chi connectivity index (χ3n) is 14.3. The van der Waals surface area contributed by atoms with E-state index in [1.54, 1.807) is 0 Å². The number of furan rings is 1. The highest BCUT2D eigenvalue weighted by Gasteiger charge is 2.46. The van der Waals surface area contributed by atoms with Crippen molar-refractivity contribution >= 4 is 49.8 Å². The average molecular weight is 818 g/mol. The van der Waals surface area contributed by atoms with Crippen LogP contribution < -0.4 is 4.90 Å². The zero-order chi connectivity index (χ0) is 42.6. The van der Waals surface area contributed by atoms with E-state index in [0.29, 0.717) is 0 Å². The van der Waals surface area contributed by atoms with E-state index in [1.807, 2.05) is 0 Å². The molecular formula is C62H43NO. The minimum Gasteiger partial charge on any atom is -0.455 e. The summed E-state index contributed by atoms with van der Waals surface area (Å²) < 4.78 is 6.86. The van der Waals surface area contributed by atoms with Crippen LogP contribution in [0.4, 0.5) is 17.1 Å². The zero-order valence-electron chi connectivity index (χ0n) is 35.7. The zero-order valence-corrected chi connectivity index (χ0v) is 35.7. The molecule has 11 aromatic rings. The Kier molecular flexibility index (Phi) is 7.90. The van der Waals surface area contributed by atoms with Crippen molar-refractivity contribution in [3.63, 3.8) is 0 Å². The summed E-state index contributed by atoms with van der Waals surface area (Å²) in [7, 11) is 0. The van der Waals surface area contributed by atoms with Gasteiger partial charge in [-0.1, -0.05) is 190 Å². The SMILES string of the molecule is CC1(C)c2ccccc2-c2ccc(-c3ccc4oc5c6ccccc6c(N(c6ccccc6)c6ccc7c(c6)C(c6ccccc6)(c6ccccc6)c6ccccc6-7)cc5c4c3)cc21. The molecule has 0 amide bonds. The highest BCUT2D eigenvalue weighted by Crippen LogP contribution is 2.58. The van der Waals surface area contributed by atoms with Gasteiger partial charge in [0.1, 0.15) is 11.2 Å². The van der Waals surface area contributed by atoms with Crippen molar-refractivity contribution in [2.45, 2.75) is 24.7 Å². The molecule has 0 fully saturated rings. The second-order valence-electron chi connectivity index (χ2n) is 18.0. The van der Waals surface area contributed by atoms with Crippen LogP contribution in [0, 0.1) is 0 Å². The van der Waals surface area contributed by atoms with Crippen LogP contribution in [0.25, 0.3) is 66.1 Å². The second kappa shape index (κ2) is 13.8. The molecule has 0 bridgehead atoms. The molecule has 0 unspecified atom stereocenters. The van der Waals surface area contributed by atoms with Gasteiger partial charge in [0.15, 0.2) is 0 Å². The number of benzene rings is 10. The fourth-order valence-corrected chi connectivity index (χ4v) is 11.4. The molecule has 0 atom stereocenters. The molecule has 1 aromatic heterocycles. The number of anilines is 3. The molecule has 2 nitrogen and oxygen atoms in total. The van der Waals surface area contributed by atoms with Crippen molar-refractivity contribution in [3.05, 3.63) is 258 Å². The summed E-state index contributed by atoms with van der Waals surface area (Å²) in [6.07, 6.45) is 0.